The fourth-order valence-electron chi connectivity index (χ4n) is 2.07. The molecule has 2 aromatic carbocycles. The van der Waals surface area contributed by atoms with Gasteiger partial charge in [0.1, 0.15) is 12.4 Å². The van der Waals surface area contributed by atoms with Crippen molar-refractivity contribution in [3.8, 4) is 11.5 Å². The second kappa shape index (κ2) is 8.32. The molecule has 0 spiro atoms. The number of rotatable bonds is 7. The minimum absolute atomic E-state index is 0.00906. The van der Waals surface area contributed by atoms with E-state index in [1.165, 1.54) is 29.2 Å². The Hall–Kier alpha value is -2.83. The Kier molecular flexibility index (Phi) is 6.16. The second-order valence-electron chi connectivity index (χ2n) is 5.26. The lowest BCUT2D eigenvalue weighted by atomic mass is 10.2. The highest BCUT2D eigenvalue weighted by Crippen LogP contribution is 2.33. The minimum Gasteiger partial charge on any atom is -0.450 e. The van der Waals surface area contributed by atoms with Gasteiger partial charge in [-0.2, -0.15) is 0 Å². The van der Waals surface area contributed by atoms with Crippen LogP contribution in [0.5, 0.6) is 11.5 Å². The lowest BCUT2D eigenvalue weighted by molar-refractivity contribution is -0.385. The first kappa shape index (κ1) is 18.5. The molecular formula is C16H16N2O6P+. The van der Waals surface area contributed by atoms with Gasteiger partial charge >= 0.3 is 14.4 Å². The van der Waals surface area contributed by atoms with E-state index in [1.54, 1.807) is 32.3 Å². The highest BCUT2D eigenvalue weighted by atomic mass is 31.1. The number of nitrogens with zero attached hydrogens (tertiary/aromatic N) is 2. The first-order chi connectivity index (χ1) is 11.9. The van der Waals surface area contributed by atoms with Crippen LogP contribution in [0.2, 0.25) is 0 Å². The van der Waals surface area contributed by atoms with Crippen LogP contribution in [0.1, 0.15) is 15.9 Å². The Bertz CT molecular complexity index is 809. The third-order valence-corrected chi connectivity index (χ3v) is 3.50. The molecule has 0 saturated carbocycles. The van der Waals surface area contributed by atoms with Crippen molar-refractivity contribution in [2.75, 3.05) is 14.1 Å². The molecule has 0 aliphatic carbocycles. The van der Waals surface area contributed by atoms with Crippen molar-refractivity contribution >= 4 is 20.3 Å². The van der Waals surface area contributed by atoms with Crippen LogP contribution >= 0.6 is 8.69 Å². The van der Waals surface area contributed by atoms with Crippen LogP contribution in [0, 0.1) is 10.1 Å². The van der Waals surface area contributed by atoms with E-state index in [-0.39, 0.29) is 24.0 Å². The molecule has 8 nitrogen and oxygen atoms in total. The molecule has 0 aromatic heterocycles. The van der Waals surface area contributed by atoms with Crippen molar-refractivity contribution in [1.82, 2.24) is 4.90 Å². The van der Waals surface area contributed by atoms with E-state index in [4.69, 9.17) is 9.26 Å². The largest absolute Gasteiger partial charge is 0.494 e. The highest BCUT2D eigenvalue weighted by molar-refractivity contribution is 7.17. The normalized spacial score (nSPS) is 10.5. The first-order valence-electron chi connectivity index (χ1n) is 7.18. The summed E-state index contributed by atoms with van der Waals surface area (Å²) in [5.41, 5.74) is 0.749. The molecule has 1 unspecified atom stereocenters. The molecule has 2 rings (SSSR count). The fraction of sp³-hybridized carbons (Fsp3) is 0.188. The second-order valence-corrected chi connectivity index (χ2v) is 5.72. The smallest absolute Gasteiger partial charge is 0.450 e. The Balaban J connectivity index is 2.34. The van der Waals surface area contributed by atoms with E-state index in [0.29, 0.717) is 16.9 Å². The molecule has 1 atom stereocenters. The fourth-order valence-corrected chi connectivity index (χ4v) is 2.30. The van der Waals surface area contributed by atoms with E-state index in [2.05, 4.69) is 0 Å². The molecule has 0 aliphatic heterocycles. The predicted molar refractivity (Wildman–Crippen MR) is 91.4 cm³/mol. The van der Waals surface area contributed by atoms with Gasteiger partial charge in [-0.1, -0.05) is 6.07 Å². The number of ether oxygens (including phenoxy) is 1. The molecule has 0 radical (unpaired) electrons. The molecule has 0 N–H and O–H groups in total. The third kappa shape index (κ3) is 4.82. The van der Waals surface area contributed by atoms with Gasteiger partial charge in [-0.25, -0.2) is 0 Å². The Morgan fingerprint density at radius 3 is 2.64 bits per heavy atom. The predicted octanol–water partition coefficient (Wildman–Crippen LogP) is 3.54. The molecular weight excluding hydrogens is 347 g/mol. The summed E-state index contributed by atoms with van der Waals surface area (Å²) in [6.07, 6.45) is 0. The maximum absolute atomic E-state index is 12.0. The SMILES string of the molecule is CN(C)C(=O)c1cccc(Oc2cc(CO[PH+]=O)ccc2[N+](=O)[O-])c1. The molecule has 9 heteroatoms. The van der Waals surface area contributed by atoms with Gasteiger partial charge in [0.15, 0.2) is 0 Å². The first-order valence-corrected chi connectivity index (χ1v) is 8.00. The number of carbonyl (C=O) groups is 1. The Morgan fingerprint density at radius 1 is 1.24 bits per heavy atom. The highest BCUT2D eigenvalue weighted by Gasteiger charge is 2.18. The molecule has 130 valence electrons. The summed E-state index contributed by atoms with van der Waals surface area (Å²) in [5, 5.41) is 11.2. The number of nitro benzene ring substituents is 1. The standard InChI is InChI=1S/C16H16N2O6P/c1-17(2)16(19)12-4-3-5-13(9-12)24-15-8-11(10-23-25-22)6-7-14(15)18(20)21/h3-9,25H,10H2,1-2H3/q+1. The van der Waals surface area contributed by atoms with E-state index in [9.17, 15) is 19.5 Å². The van der Waals surface area contributed by atoms with E-state index >= 15 is 0 Å². The van der Waals surface area contributed by atoms with Crippen molar-refractivity contribution in [2.45, 2.75) is 6.61 Å². The summed E-state index contributed by atoms with van der Waals surface area (Å²) < 4.78 is 20.9. The summed E-state index contributed by atoms with van der Waals surface area (Å²) in [5.74, 6) is 0.0906. The van der Waals surface area contributed by atoms with Crippen LogP contribution in [0.15, 0.2) is 42.5 Å². The van der Waals surface area contributed by atoms with Crippen molar-refractivity contribution in [3.63, 3.8) is 0 Å². The van der Waals surface area contributed by atoms with Gasteiger partial charge in [0.05, 0.1) is 4.92 Å². The molecule has 0 aliphatic rings. The zero-order chi connectivity index (χ0) is 18.4. The molecule has 0 bridgehead atoms. The molecule has 1 amide bonds. The summed E-state index contributed by atoms with van der Waals surface area (Å²) in [6.45, 7) is 0.0372. The van der Waals surface area contributed by atoms with Crippen molar-refractivity contribution in [3.05, 3.63) is 63.7 Å². The molecule has 25 heavy (non-hydrogen) atoms. The molecule has 0 fully saturated rings. The topological polar surface area (TPSA) is 99.0 Å². The number of amides is 1. The third-order valence-electron chi connectivity index (χ3n) is 3.23. The van der Waals surface area contributed by atoms with E-state index < -0.39 is 13.6 Å². The van der Waals surface area contributed by atoms with Gasteiger partial charge in [-0.15, -0.1) is 4.52 Å². The van der Waals surface area contributed by atoms with Crippen LogP contribution in [-0.4, -0.2) is 29.8 Å². The van der Waals surface area contributed by atoms with Gasteiger partial charge < -0.3 is 9.64 Å². The van der Waals surface area contributed by atoms with Gasteiger partial charge in [0, 0.05) is 25.7 Å². The van der Waals surface area contributed by atoms with Crippen molar-refractivity contribution in [1.29, 1.82) is 0 Å². The van der Waals surface area contributed by atoms with E-state index in [1.807, 2.05) is 0 Å². The summed E-state index contributed by atoms with van der Waals surface area (Å²) in [7, 11) is 2.32. The Morgan fingerprint density at radius 2 is 2.00 bits per heavy atom. The lowest BCUT2D eigenvalue weighted by Gasteiger charge is -2.12. The summed E-state index contributed by atoms with van der Waals surface area (Å²) in [6, 6.07) is 10.6. The van der Waals surface area contributed by atoms with Gasteiger partial charge in [-0.3, -0.25) is 14.9 Å². The van der Waals surface area contributed by atoms with E-state index in [0.717, 1.165) is 0 Å². The monoisotopic (exact) mass is 363 g/mol. The Labute approximate surface area is 145 Å². The zero-order valence-corrected chi connectivity index (χ0v) is 14.6. The van der Waals surface area contributed by atoms with Crippen molar-refractivity contribution < 1.29 is 23.5 Å². The van der Waals surface area contributed by atoms with Gasteiger partial charge in [-0.05, 0) is 40.5 Å². The van der Waals surface area contributed by atoms with Gasteiger partial charge in [0.2, 0.25) is 5.75 Å². The maximum Gasteiger partial charge on any atom is 0.494 e. The van der Waals surface area contributed by atoms with Crippen LogP contribution < -0.4 is 4.74 Å². The maximum atomic E-state index is 12.0. The number of benzene rings is 2. The summed E-state index contributed by atoms with van der Waals surface area (Å²) in [4.78, 5) is 24.1. The van der Waals surface area contributed by atoms with Crippen molar-refractivity contribution in [2.24, 2.45) is 0 Å². The number of hydrogen-bond donors (Lipinski definition) is 0. The molecule has 2 aromatic rings. The van der Waals surface area contributed by atoms with Crippen LogP contribution in [0.4, 0.5) is 5.69 Å². The average molecular weight is 363 g/mol. The minimum atomic E-state index is -0.928. The molecule has 0 saturated heterocycles. The number of nitro groups is 1. The quantitative estimate of drug-likeness (QED) is 0.424. The average Bonchev–Trinajstić information content (AvgIpc) is 2.59. The van der Waals surface area contributed by atoms with Gasteiger partial charge in [0.25, 0.3) is 5.91 Å². The molecule has 0 heterocycles. The lowest BCUT2D eigenvalue weighted by Crippen LogP contribution is -2.21. The number of carbonyl (C=O) groups excluding carboxylic acids is 1. The van der Waals surface area contributed by atoms with Crippen LogP contribution in [0.3, 0.4) is 0 Å². The summed E-state index contributed by atoms with van der Waals surface area (Å²) >= 11 is 0. The van der Waals surface area contributed by atoms with Crippen LogP contribution in [-0.2, 0) is 15.7 Å². The zero-order valence-electron chi connectivity index (χ0n) is 13.6. The number of hydrogen-bond acceptors (Lipinski definition) is 6. The van der Waals surface area contributed by atoms with Crippen LogP contribution in [0.25, 0.3) is 0 Å².